The van der Waals surface area contributed by atoms with Crippen LogP contribution in [0.5, 0.6) is 5.75 Å². The summed E-state index contributed by atoms with van der Waals surface area (Å²) < 4.78 is 13.2. The van der Waals surface area contributed by atoms with Crippen molar-refractivity contribution >= 4 is 44.3 Å². The van der Waals surface area contributed by atoms with Gasteiger partial charge in [-0.2, -0.15) is 0 Å². The molecule has 190 valence electrons. The van der Waals surface area contributed by atoms with Gasteiger partial charge in [0.1, 0.15) is 5.69 Å². The van der Waals surface area contributed by atoms with E-state index >= 15 is 0 Å². The zero-order valence-corrected chi connectivity index (χ0v) is 23.3. The highest BCUT2D eigenvalue weighted by molar-refractivity contribution is 9.09. The Morgan fingerprint density at radius 2 is 1.78 bits per heavy atom. The summed E-state index contributed by atoms with van der Waals surface area (Å²) in [7, 11) is 0. The number of ether oxygens (including phenoxy) is 2. The molecule has 0 radical (unpaired) electrons. The number of halogens is 1. The van der Waals surface area contributed by atoms with Crippen LogP contribution in [-0.4, -0.2) is 55.0 Å². The fraction of sp³-hybridized carbons (Fsp3) is 0.433. The average Bonchev–Trinajstić information content (AvgIpc) is 3.08. The van der Waals surface area contributed by atoms with Gasteiger partial charge >= 0.3 is 0 Å². The van der Waals surface area contributed by atoms with Crippen LogP contribution in [0.2, 0.25) is 0 Å². The van der Waals surface area contributed by atoms with Gasteiger partial charge in [0, 0.05) is 35.1 Å². The molecule has 6 heteroatoms. The summed E-state index contributed by atoms with van der Waals surface area (Å²) in [6, 6.07) is 19.4. The van der Waals surface area contributed by atoms with Crippen LogP contribution in [-0.2, 0) is 16.7 Å². The Bertz CT molecular complexity index is 1270. The first-order chi connectivity index (χ1) is 17.5. The maximum Gasteiger partial charge on any atom is 0.229 e. The number of anilines is 1. The lowest BCUT2D eigenvalue weighted by atomic mass is 9.77. The van der Waals surface area contributed by atoms with Crippen LogP contribution in [0.25, 0.3) is 10.8 Å². The standard InChI is InChI=1S/C30H36BrN3O2/c1-5-33(6-2)20-23-19-22-11-7-8-12-24(22)27-28(23)36-30(21-32-27)29(3,4)25-13-9-10-14-26(25)34(30)16-18-35-17-15-31/h7-14,19,21H,5-6,15-18,20H2,1-4H3. The van der Waals surface area contributed by atoms with E-state index in [2.05, 4.69) is 108 Å². The number of benzene rings is 3. The van der Waals surface area contributed by atoms with Gasteiger partial charge in [-0.15, -0.1) is 0 Å². The molecule has 1 spiro atoms. The smallest absolute Gasteiger partial charge is 0.229 e. The molecule has 0 aliphatic carbocycles. The molecule has 0 N–H and O–H groups in total. The highest BCUT2D eigenvalue weighted by atomic mass is 79.9. The molecule has 2 aliphatic rings. The largest absolute Gasteiger partial charge is 0.459 e. The molecule has 1 atom stereocenters. The van der Waals surface area contributed by atoms with Gasteiger partial charge in [0.05, 0.1) is 24.8 Å². The minimum absolute atomic E-state index is 0.321. The van der Waals surface area contributed by atoms with Crippen LogP contribution in [0, 0.1) is 0 Å². The molecule has 0 amide bonds. The second-order valence-electron chi connectivity index (χ2n) is 10.0. The Morgan fingerprint density at radius 3 is 2.56 bits per heavy atom. The lowest BCUT2D eigenvalue weighted by Crippen LogP contribution is -2.63. The van der Waals surface area contributed by atoms with Crippen molar-refractivity contribution in [3.63, 3.8) is 0 Å². The summed E-state index contributed by atoms with van der Waals surface area (Å²) in [5.41, 5.74) is 3.51. The third-order valence-electron chi connectivity index (χ3n) is 7.81. The van der Waals surface area contributed by atoms with Crippen molar-refractivity contribution in [3.8, 4) is 5.75 Å². The number of nitrogens with zero attached hydrogens (tertiary/aromatic N) is 3. The van der Waals surface area contributed by atoms with Gasteiger partial charge < -0.3 is 14.4 Å². The molecule has 0 saturated carbocycles. The molecule has 5 nitrogen and oxygen atoms in total. The van der Waals surface area contributed by atoms with Gasteiger partial charge in [-0.1, -0.05) is 72.2 Å². The van der Waals surface area contributed by atoms with Crippen LogP contribution in [0.4, 0.5) is 11.4 Å². The number of hydrogen-bond acceptors (Lipinski definition) is 5. The van der Waals surface area contributed by atoms with Crippen molar-refractivity contribution in [2.45, 2.75) is 45.4 Å². The summed E-state index contributed by atoms with van der Waals surface area (Å²) in [4.78, 5) is 9.98. The molecule has 2 aliphatic heterocycles. The molecule has 0 bridgehead atoms. The van der Waals surface area contributed by atoms with Gasteiger partial charge in [0.15, 0.2) is 5.75 Å². The van der Waals surface area contributed by atoms with Gasteiger partial charge in [-0.05, 0) is 50.0 Å². The van der Waals surface area contributed by atoms with E-state index in [0.29, 0.717) is 19.8 Å². The first kappa shape index (κ1) is 25.2. The molecular formula is C30H36BrN3O2. The molecule has 0 saturated heterocycles. The van der Waals surface area contributed by atoms with E-state index in [1.165, 1.54) is 22.2 Å². The molecule has 3 aromatic rings. The number of alkyl halides is 1. The predicted octanol–water partition coefficient (Wildman–Crippen LogP) is 6.68. The molecule has 2 heterocycles. The van der Waals surface area contributed by atoms with E-state index in [1.54, 1.807) is 0 Å². The van der Waals surface area contributed by atoms with Gasteiger partial charge in [-0.25, -0.2) is 0 Å². The summed E-state index contributed by atoms with van der Waals surface area (Å²) in [6.07, 6.45) is 2.05. The van der Waals surface area contributed by atoms with E-state index in [-0.39, 0.29) is 5.41 Å². The van der Waals surface area contributed by atoms with Crippen LogP contribution in [0.15, 0.2) is 59.6 Å². The molecule has 36 heavy (non-hydrogen) atoms. The highest BCUT2D eigenvalue weighted by Gasteiger charge is 2.59. The number of para-hydroxylation sites is 1. The summed E-state index contributed by atoms with van der Waals surface area (Å²) in [5, 5.41) is 3.15. The zero-order chi connectivity index (χ0) is 25.3. The maximum atomic E-state index is 7.26. The van der Waals surface area contributed by atoms with Crippen molar-refractivity contribution < 1.29 is 9.47 Å². The molecule has 0 aromatic heterocycles. The van der Waals surface area contributed by atoms with Gasteiger partial charge in [-0.3, -0.25) is 9.89 Å². The fourth-order valence-electron chi connectivity index (χ4n) is 5.71. The Hall–Kier alpha value is -2.41. The van der Waals surface area contributed by atoms with Crippen LogP contribution in [0.1, 0.15) is 38.8 Å². The molecule has 0 fully saturated rings. The topological polar surface area (TPSA) is 37.3 Å². The Kier molecular flexibility index (Phi) is 7.12. The van der Waals surface area contributed by atoms with E-state index in [4.69, 9.17) is 14.5 Å². The third kappa shape index (κ3) is 4.04. The molecule has 5 rings (SSSR count). The van der Waals surface area contributed by atoms with Gasteiger partial charge in [0.2, 0.25) is 5.72 Å². The number of rotatable bonds is 9. The van der Waals surface area contributed by atoms with Crippen LogP contribution < -0.4 is 9.64 Å². The molecular weight excluding hydrogens is 514 g/mol. The predicted molar refractivity (Wildman–Crippen MR) is 154 cm³/mol. The van der Waals surface area contributed by atoms with Crippen molar-refractivity contribution in [2.75, 3.05) is 43.1 Å². The van der Waals surface area contributed by atoms with E-state index < -0.39 is 5.72 Å². The Labute approximate surface area is 223 Å². The molecule has 1 unspecified atom stereocenters. The number of aliphatic imine (C=N–C) groups is 1. The van der Waals surface area contributed by atoms with Crippen molar-refractivity contribution in [1.82, 2.24) is 4.90 Å². The SMILES string of the molecule is CCN(CC)Cc1cc2ccccc2c2c1OC1(C=N2)N(CCOCCBr)c2ccccc2C1(C)C. The monoisotopic (exact) mass is 549 g/mol. The highest BCUT2D eigenvalue weighted by Crippen LogP contribution is 2.55. The first-order valence-electron chi connectivity index (χ1n) is 13.0. The maximum absolute atomic E-state index is 7.26. The quantitative estimate of drug-likeness (QED) is 0.220. The van der Waals surface area contributed by atoms with Crippen molar-refractivity contribution in [3.05, 3.63) is 65.7 Å². The molecule has 3 aromatic carbocycles. The number of fused-ring (bicyclic) bond motifs is 4. The van der Waals surface area contributed by atoms with Crippen LogP contribution >= 0.6 is 15.9 Å². The fourth-order valence-corrected chi connectivity index (χ4v) is 5.94. The minimum Gasteiger partial charge on any atom is -0.459 e. The lowest BCUT2D eigenvalue weighted by molar-refractivity contribution is 0.0666. The normalized spacial score (nSPS) is 19.7. The second kappa shape index (κ2) is 10.2. The van der Waals surface area contributed by atoms with Crippen LogP contribution in [0.3, 0.4) is 0 Å². The van der Waals surface area contributed by atoms with E-state index in [9.17, 15) is 0 Å². The van der Waals surface area contributed by atoms with Gasteiger partial charge in [0.25, 0.3) is 0 Å². The summed E-state index contributed by atoms with van der Waals surface area (Å²) in [6.45, 7) is 13.8. The van der Waals surface area contributed by atoms with Crippen molar-refractivity contribution in [1.29, 1.82) is 0 Å². The summed E-state index contributed by atoms with van der Waals surface area (Å²) in [5.74, 6) is 0.898. The minimum atomic E-state index is -0.748. The average molecular weight is 551 g/mol. The Morgan fingerprint density at radius 1 is 1.03 bits per heavy atom. The summed E-state index contributed by atoms with van der Waals surface area (Å²) >= 11 is 3.47. The van der Waals surface area contributed by atoms with Crippen molar-refractivity contribution in [2.24, 2.45) is 4.99 Å². The lowest BCUT2D eigenvalue weighted by Gasteiger charge is -2.47. The number of hydrogen-bond donors (Lipinski definition) is 0. The second-order valence-corrected chi connectivity index (χ2v) is 10.8. The Balaban J connectivity index is 1.65. The zero-order valence-electron chi connectivity index (χ0n) is 21.8. The van der Waals surface area contributed by atoms with E-state index in [1.807, 2.05) is 6.21 Å². The first-order valence-corrected chi connectivity index (χ1v) is 14.1. The van der Waals surface area contributed by atoms with E-state index in [0.717, 1.165) is 41.8 Å². The third-order valence-corrected chi connectivity index (χ3v) is 8.14.